The summed E-state index contributed by atoms with van der Waals surface area (Å²) in [6.45, 7) is 6.05. The average molecular weight is 280 g/mol. The Kier molecular flexibility index (Phi) is 5.42. The van der Waals surface area contributed by atoms with Crippen molar-refractivity contribution < 1.29 is 9.72 Å². The summed E-state index contributed by atoms with van der Waals surface area (Å²) < 4.78 is 0. The van der Waals surface area contributed by atoms with Gasteiger partial charge in [-0.15, -0.1) is 0 Å². The lowest BCUT2D eigenvalue weighted by Crippen LogP contribution is -2.34. The van der Waals surface area contributed by atoms with Crippen molar-refractivity contribution >= 4 is 17.4 Å². The molecule has 2 atom stereocenters. The second-order valence-corrected chi connectivity index (χ2v) is 5.01. The van der Waals surface area contributed by atoms with Crippen LogP contribution in [-0.4, -0.2) is 21.9 Å². The van der Waals surface area contributed by atoms with Gasteiger partial charge in [0.1, 0.15) is 17.6 Å². The number of nitrogens with zero attached hydrogens (tertiary/aromatic N) is 2. The minimum atomic E-state index is -0.638. The van der Waals surface area contributed by atoms with Gasteiger partial charge in [0.15, 0.2) is 0 Å². The Labute approximate surface area is 117 Å². The molecule has 1 aromatic heterocycles. The molecule has 0 radical (unpaired) electrons. The van der Waals surface area contributed by atoms with Crippen molar-refractivity contribution in [1.82, 2.24) is 10.3 Å². The predicted molar refractivity (Wildman–Crippen MR) is 76.3 cm³/mol. The number of hydrogen-bond acceptors (Lipinski definition) is 5. The number of pyridine rings is 1. The molecule has 0 aliphatic heterocycles. The minimum absolute atomic E-state index is 0.0569. The van der Waals surface area contributed by atoms with Crippen molar-refractivity contribution in [2.75, 3.05) is 5.73 Å². The van der Waals surface area contributed by atoms with Crippen molar-refractivity contribution in [3.8, 4) is 0 Å². The van der Waals surface area contributed by atoms with Crippen LogP contribution < -0.4 is 11.1 Å². The van der Waals surface area contributed by atoms with Crippen LogP contribution in [0.5, 0.6) is 0 Å². The van der Waals surface area contributed by atoms with Crippen LogP contribution in [0, 0.1) is 16.0 Å². The molecule has 110 valence electrons. The van der Waals surface area contributed by atoms with E-state index in [4.69, 9.17) is 5.73 Å². The zero-order valence-corrected chi connectivity index (χ0v) is 11.9. The van der Waals surface area contributed by atoms with E-state index in [1.165, 1.54) is 6.07 Å². The lowest BCUT2D eigenvalue weighted by atomic mass is 10.00. The maximum absolute atomic E-state index is 12.1. The molecular formula is C13H20N4O3. The van der Waals surface area contributed by atoms with Crippen molar-refractivity contribution in [3.05, 3.63) is 27.9 Å². The molecular weight excluding hydrogens is 260 g/mol. The summed E-state index contributed by atoms with van der Waals surface area (Å²) in [6.07, 6.45) is 2.84. The van der Waals surface area contributed by atoms with Crippen LogP contribution in [0.4, 0.5) is 11.5 Å². The topological polar surface area (TPSA) is 111 Å². The van der Waals surface area contributed by atoms with Crippen LogP contribution in [0.15, 0.2) is 12.3 Å². The number of nitrogens with one attached hydrogen (secondary N) is 1. The number of carbonyl (C=O) groups excluding carboxylic acids is 1. The molecule has 1 heterocycles. The zero-order chi connectivity index (χ0) is 15.3. The third kappa shape index (κ3) is 4.18. The first-order valence-electron chi connectivity index (χ1n) is 6.55. The third-order valence-corrected chi connectivity index (χ3v) is 3.18. The summed E-state index contributed by atoms with van der Waals surface area (Å²) in [7, 11) is 0. The lowest BCUT2D eigenvalue weighted by molar-refractivity contribution is -0.385. The van der Waals surface area contributed by atoms with Gasteiger partial charge < -0.3 is 11.1 Å². The summed E-state index contributed by atoms with van der Waals surface area (Å²) in [5.74, 6) is 0.0553. The molecule has 0 spiro atoms. The van der Waals surface area contributed by atoms with Gasteiger partial charge in [-0.2, -0.15) is 0 Å². The van der Waals surface area contributed by atoms with Crippen LogP contribution in [0.1, 0.15) is 44.0 Å². The molecule has 0 aliphatic rings. The van der Waals surface area contributed by atoms with Gasteiger partial charge in [-0.1, -0.05) is 20.3 Å². The number of aromatic nitrogens is 1. The zero-order valence-electron chi connectivity index (χ0n) is 11.9. The van der Waals surface area contributed by atoms with E-state index in [2.05, 4.69) is 24.1 Å². The normalized spacial score (nSPS) is 13.6. The number of hydrogen-bond donors (Lipinski definition) is 2. The fourth-order valence-electron chi connectivity index (χ4n) is 1.92. The van der Waals surface area contributed by atoms with E-state index in [9.17, 15) is 14.9 Å². The van der Waals surface area contributed by atoms with Crippen LogP contribution in [0.25, 0.3) is 0 Å². The smallest absolute Gasteiger partial charge is 0.300 e. The number of carbonyl (C=O) groups is 1. The molecule has 20 heavy (non-hydrogen) atoms. The summed E-state index contributed by atoms with van der Waals surface area (Å²) in [5, 5.41) is 13.6. The highest BCUT2D eigenvalue weighted by atomic mass is 16.6. The van der Waals surface area contributed by atoms with Gasteiger partial charge >= 0.3 is 0 Å². The Morgan fingerprint density at radius 3 is 2.75 bits per heavy atom. The number of rotatable bonds is 6. The van der Waals surface area contributed by atoms with Gasteiger partial charge in [0.2, 0.25) is 0 Å². The molecule has 2 unspecified atom stereocenters. The molecule has 0 saturated heterocycles. The first kappa shape index (κ1) is 15.9. The fourth-order valence-corrected chi connectivity index (χ4v) is 1.92. The van der Waals surface area contributed by atoms with Gasteiger partial charge in [0, 0.05) is 6.04 Å². The van der Waals surface area contributed by atoms with E-state index in [1.54, 1.807) is 0 Å². The van der Waals surface area contributed by atoms with Crippen molar-refractivity contribution in [3.63, 3.8) is 0 Å². The minimum Gasteiger partial charge on any atom is -0.384 e. The van der Waals surface area contributed by atoms with Crippen molar-refractivity contribution in [2.24, 2.45) is 5.92 Å². The number of nitrogen functional groups attached to an aromatic ring is 1. The standard InChI is InChI=1S/C13H20N4O3/c1-4-8(2)5-9(3)16-13(18)10-6-12(14)15-7-11(10)17(19)20/h6-9H,4-5H2,1-3H3,(H2,14,15)(H,16,18). The Morgan fingerprint density at radius 1 is 1.55 bits per heavy atom. The number of anilines is 1. The fraction of sp³-hybridized carbons (Fsp3) is 0.538. The van der Waals surface area contributed by atoms with Crippen LogP contribution in [-0.2, 0) is 0 Å². The van der Waals surface area contributed by atoms with E-state index in [-0.39, 0.29) is 23.1 Å². The van der Waals surface area contributed by atoms with Crippen molar-refractivity contribution in [2.45, 2.75) is 39.7 Å². The number of nitro groups is 1. The molecule has 1 amide bonds. The molecule has 0 bridgehead atoms. The van der Waals surface area contributed by atoms with Crippen LogP contribution in [0.2, 0.25) is 0 Å². The Hall–Kier alpha value is -2.18. The quantitative estimate of drug-likeness (QED) is 0.612. The maximum Gasteiger partial charge on any atom is 0.300 e. The molecule has 7 heteroatoms. The average Bonchev–Trinajstić information content (AvgIpc) is 2.37. The largest absolute Gasteiger partial charge is 0.384 e. The van der Waals surface area contributed by atoms with Gasteiger partial charge in [0.05, 0.1) is 4.92 Å². The molecule has 0 aliphatic carbocycles. The monoisotopic (exact) mass is 280 g/mol. The highest BCUT2D eigenvalue weighted by Crippen LogP contribution is 2.19. The summed E-state index contributed by atoms with van der Waals surface area (Å²) >= 11 is 0. The van der Waals surface area contributed by atoms with Gasteiger partial charge in [-0.3, -0.25) is 14.9 Å². The molecule has 1 aromatic rings. The van der Waals surface area contributed by atoms with Gasteiger partial charge in [0.25, 0.3) is 11.6 Å². The molecule has 0 saturated carbocycles. The number of nitrogens with two attached hydrogens (primary N) is 1. The summed E-state index contributed by atoms with van der Waals surface area (Å²) in [5.41, 5.74) is 5.09. The van der Waals surface area contributed by atoms with E-state index in [1.807, 2.05) is 6.92 Å². The first-order chi connectivity index (χ1) is 9.35. The van der Waals surface area contributed by atoms with Gasteiger partial charge in [-0.05, 0) is 25.3 Å². The van der Waals surface area contributed by atoms with Crippen LogP contribution >= 0.6 is 0 Å². The van der Waals surface area contributed by atoms with E-state index < -0.39 is 10.8 Å². The third-order valence-electron chi connectivity index (χ3n) is 3.18. The Morgan fingerprint density at radius 2 is 2.20 bits per heavy atom. The maximum atomic E-state index is 12.1. The summed E-state index contributed by atoms with van der Waals surface area (Å²) in [6, 6.07) is 1.16. The van der Waals surface area contributed by atoms with E-state index in [0.717, 1.165) is 19.0 Å². The molecule has 0 aromatic carbocycles. The molecule has 0 fully saturated rings. The highest BCUT2D eigenvalue weighted by molar-refractivity contribution is 5.98. The second-order valence-electron chi connectivity index (χ2n) is 5.01. The van der Waals surface area contributed by atoms with Crippen molar-refractivity contribution in [1.29, 1.82) is 0 Å². The molecule has 7 nitrogen and oxygen atoms in total. The summed E-state index contributed by atoms with van der Waals surface area (Å²) in [4.78, 5) is 26.0. The first-order valence-corrected chi connectivity index (χ1v) is 6.55. The Balaban J connectivity index is 2.86. The van der Waals surface area contributed by atoms with Gasteiger partial charge in [-0.25, -0.2) is 4.98 Å². The lowest BCUT2D eigenvalue weighted by Gasteiger charge is -2.17. The van der Waals surface area contributed by atoms with Crippen LogP contribution in [0.3, 0.4) is 0 Å². The number of amides is 1. The molecule has 3 N–H and O–H groups in total. The Bertz CT molecular complexity index is 504. The molecule has 1 rings (SSSR count). The second kappa shape index (κ2) is 6.83. The predicted octanol–water partition coefficient (Wildman–Crippen LogP) is 2.13. The van der Waals surface area contributed by atoms with E-state index >= 15 is 0 Å². The van der Waals surface area contributed by atoms with E-state index in [0.29, 0.717) is 5.92 Å². The highest BCUT2D eigenvalue weighted by Gasteiger charge is 2.22. The SMILES string of the molecule is CCC(C)CC(C)NC(=O)c1cc(N)ncc1[N+](=O)[O-].